The second-order valence-corrected chi connectivity index (χ2v) is 8.16. The van der Waals surface area contributed by atoms with Crippen molar-refractivity contribution in [3.63, 3.8) is 0 Å². The Morgan fingerprint density at radius 3 is 2.28 bits per heavy atom. The van der Waals surface area contributed by atoms with E-state index in [1.807, 2.05) is 30.3 Å². The first-order chi connectivity index (χ1) is 14.0. The second kappa shape index (κ2) is 8.32. The van der Waals surface area contributed by atoms with E-state index in [1.165, 1.54) is 40.9 Å². The summed E-state index contributed by atoms with van der Waals surface area (Å²) >= 11 is 6.58. The van der Waals surface area contributed by atoms with Crippen LogP contribution >= 0.6 is 24.0 Å². The van der Waals surface area contributed by atoms with Crippen LogP contribution in [0.1, 0.15) is 5.56 Å². The van der Waals surface area contributed by atoms with Gasteiger partial charge < -0.3 is 9.64 Å². The van der Waals surface area contributed by atoms with Crippen molar-refractivity contribution in [2.24, 2.45) is 0 Å². The molecular formula is C20H17N3O4S2. The number of carbonyl (C=O) groups is 1. The minimum Gasteiger partial charge on any atom is -0.378 e. The molecule has 0 spiro atoms. The molecule has 0 bridgehead atoms. The molecule has 2 aromatic rings. The minimum atomic E-state index is -0.478. The van der Waals surface area contributed by atoms with Crippen molar-refractivity contribution in [3.8, 4) is 0 Å². The number of ether oxygens (including phenoxy) is 1. The summed E-state index contributed by atoms with van der Waals surface area (Å²) in [5, 5.41) is 10.8. The zero-order valence-corrected chi connectivity index (χ0v) is 16.9. The third-order valence-electron chi connectivity index (χ3n) is 4.68. The number of nitrogens with zero attached hydrogens (tertiary/aromatic N) is 3. The number of hydrogen-bond acceptors (Lipinski definition) is 7. The first kappa shape index (κ1) is 19.6. The van der Waals surface area contributed by atoms with Crippen molar-refractivity contribution in [2.75, 3.05) is 36.1 Å². The van der Waals surface area contributed by atoms with E-state index in [4.69, 9.17) is 17.0 Å². The highest BCUT2D eigenvalue weighted by molar-refractivity contribution is 8.27. The van der Waals surface area contributed by atoms with Crippen LogP contribution in [-0.4, -0.2) is 41.5 Å². The average Bonchev–Trinajstić information content (AvgIpc) is 3.02. The van der Waals surface area contributed by atoms with E-state index in [9.17, 15) is 14.9 Å². The fourth-order valence-electron chi connectivity index (χ4n) is 3.17. The number of anilines is 2. The summed E-state index contributed by atoms with van der Waals surface area (Å²) in [7, 11) is 0. The third kappa shape index (κ3) is 4.16. The zero-order valence-electron chi connectivity index (χ0n) is 15.3. The fraction of sp³-hybridized carbons (Fsp3) is 0.200. The highest BCUT2D eigenvalue weighted by Crippen LogP contribution is 2.36. The van der Waals surface area contributed by atoms with Crippen molar-refractivity contribution < 1.29 is 14.5 Å². The Morgan fingerprint density at radius 2 is 1.66 bits per heavy atom. The van der Waals surface area contributed by atoms with Crippen LogP contribution in [0, 0.1) is 10.1 Å². The summed E-state index contributed by atoms with van der Waals surface area (Å²) in [5.41, 5.74) is 2.52. The van der Waals surface area contributed by atoms with E-state index in [-0.39, 0.29) is 11.6 Å². The van der Waals surface area contributed by atoms with Crippen molar-refractivity contribution in [2.45, 2.75) is 0 Å². The molecule has 2 saturated heterocycles. The molecule has 7 nitrogen and oxygen atoms in total. The minimum absolute atomic E-state index is 0.0323. The van der Waals surface area contributed by atoms with Gasteiger partial charge >= 0.3 is 0 Å². The highest BCUT2D eigenvalue weighted by Gasteiger charge is 2.33. The molecule has 2 aliphatic rings. The van der Waals surface area contributed by atoms with E-state index in [2.05, 4.69) is 4.90 Å². The summed E-state index contributed by atoms with van der Waals surface area (Å²) in [4.78, 5) is 27.4. The van der Waals surface area contributed by atoms with Gasteiger partial charge in [0.1, 0.15) is 0 Å². The van der Waals surface area contributed by atoms with Gasteiger partial charge in [-0.2, -0.15) is 0 Å². The Balaban J connectivity index is 1.52. The number of non-ortho nitro benzene ring substituents is 1. The molecule has 0 N–H and O–H groups in total. The molecule has 2 fully saturated rings. The van der Waals surface area contributed by atoms with Gasteiger partial charge in [0.05, 0.1) is 28.7 Å². The van der Waals surface area contributed by atoms with Crippen molar-refractivity contribution in [3.05, 3.63) is 69.1 Å². The molecule has 2 heterocycles. The van der Waals surface area contributed by atoms with Crippen molar-refractivity contribution in [1.29, 1.82) is 0 Å². The smallest absolute Gasteiger partial charge is 0.270 e. The van der Waals surface area contributed by atoms with Crippen LogP contribution in [-0.2, 0) is 9.53 Å². The van der Waals surface area contributed by atoms with Crippen LogP contribution in [0.2, 0.25) is 0 Å². The molecule has 0 aliphatic carbocycles. The Morgan fingerprint density at radius 1 is 1.03 bits per heavy atom. The molecule has 0 radical (unpaired) electrons. The lowest BCUT2D eigenvalue weighted by Crippen LogP contribution is -2.36. The number of carbonyl (C=O) groups excluding carboxylic acids is 1. The summed E-state index contributed by atoms with van der Waals surface area (Å²) in [6.07, 6.45) is 1.81. The van der Waals surface area contributed by atoms with Crippen LogP contribution < -0.4 is 9.80 Å². The number of nitro groups is 1. The Labute approximate surface area is 177 Å². The normalized spacial score (nSPS) is 18.6. The molecule has 2 aromatic carbocycles. The van der Waals surface area contributed by atoms with E-state index in [0.717, 1.165) is 37.6 Å². The molecule has 4 rings (SSSR count). The second-order valence-electron chi connectivity index (χ2n) is 6.48. The predicted octanol–water partition coefficient (Wildman–Crippen LogP) is 3.84. The molecule has 0 saturated carbocycles. The molecule has 0 atom stereocenters. The van der Waals surface area contributed by atoms with E-state index in [0.29, 0.717) is 14.9 Å². The Bertz CT molecular complexity index is 984. The molecule has 0 unspecified atom stereocenters. The third-order valence-corrected chi connectivity index (χ3v) is 5.98. The van der Waals surface area contributed by atoms with Crippen molar-refractivity contribution >= 4 is 57.3 Å². The van der Waals surface area contributed by atoms with Gasteiger partial charge in [-0.3, -0.25) is 19.8 Å². The summed E-state index contributed by atoms with van der Waals surface area (Å²) < 4.78 is 5.78. The summed E-state index contributed by atoms with van der Waals surface area (Å²) in [5.74, 6) is -0.230. The van der Waals surface area contributed by atoms with Gasteiger partial charge in [0.2, 0.25) is 0 Å². The lowest BCUT2D eigenvalue weighted by Gasteiger charge is -2.28. The summed E-state index contributed by atoms with van der Waals surface area (Å²) in [6, 6.07) is 13.8. The van der Waals surface area contributed by atoms with E-state index >= 15 is 0 Å². The summed E-state index contributed by atoms with van der Waals surface area (Å²) in [6.45, 7) is 3.19. The van der Waals surface area contributed by atoms with E-state index in [1.54, 1.807) is 0 Å². The lowest BCUT2D eigenvalue weighted by atomic mass is 10.1. The number of thiocarbonyl (C=S) groups is 1. The van der Waals surface area contributed by atoms with Crippen LogP contribution in [0.3, 0.4) is 0 Å². The highest BCUT2D eigenvalue weighted by atomic mass is 32.2. The zero-order chi connectivity index (χ0) is 20.4. The Kier molecular flexibility index (Phi) is 5.61. The molecule has 2 aliphatic heterocycles. The maximum absolute atomic E-state index is 12.8. The number of nitro benzene ring substituents is 1. The standard InChI is InChI=1S/C20H17N3O4S2/c24-19-18(13-14-1-3-15(4-2-14)21-9-11-27-12-10-21)29-20(28)22(19)16-5-7-17(8-6-16)23(25)26/h1-8,13H,9-12H2/b18-13-. The topological polar surface area (TPSA) is 75.9 Å². The first-order valence-electron chi connectivity index (χ1n) is 8.98. The molecule has 148 valence electrons. The number of thioether (sulfide) groups is 1. The maximum atomic E-state index is 12.8. The number of morpholine rings is 1. The molecule has 1 amide bonds. The van der Waals surface area contributed by atoms with Gasteiger partial charge in [-0.1, -0.05) is 36.1 Å². The monoisotopic (exact) mass is 427 g/mol. The number of rotatable bonds is 4. The number of amides is 1. The lowest BCUT2D eigenvalue weighted by molar-refractivity contribution is -0.384. The molecule has 9 heteroatoms. The van der Waals surface area contributed by atoms with Gasteiger partial charge in [0.15, 0.2) is 4.32 Å². The largest absolute Gasteiger partial charge is 0.378 e. The quantitative estimate of drug-likeness (QED) is 0.318. The van der Waals surface area contributed by atoms with Crippen LogP contribution in [0.5, 0.6) is 0 Å². The maximum Gasteiger partial charge on any atom is 0.270 e. The van der Waals surface area contributed by atoms with Crippen LogP contribution in [0.4, 0.5) is 17.1 Å². The van der Waals surface area contributed by atoms with Crippen LogP contribution in [0.15, 0.2) is 53.4 Å². The van der Waals surface area contributed by atoms with Crippen molar-refractivity contribution in [1.82, 2.24) is 0 Å². The SMILES string of the molecule is O=C1/C(=C/c2ccc(N3CCOCC3)cc2)SC(=S)N1c1ccc([N+](=O)[O-])cc1. The average molecular weight is 428 g/mol. The van der Waals surface area contributed by atoms with Gasteiger partial charge in [0.25, 0.3) is 11.6 Å². The number of benzene rings is 2. The molecule has 29 heavy (non-hydrogen) atoms. The fourth-order valence-corrected chi connectivity index (χ4v) is 4.47. The van der Waals surface area contributed by atoms with E-state index < -0.39 is 4.92 Å². The van der Waals surface area contributed by atoms with Crippen LogP contribution in [0.25, 0.3) is 6.08 Å². The first-order valence-corrected chi connectivity index (χ1v) is 10.2. The van der Waals surface area contributed by atoms with Gasteiger partial charge in [-0.25, -0.2) is 0 Å². The van der Waals surface area contributed by atoms with Gasteiger partial charge in [-0.05, 0) is 35.9 Å². The number of hydrogen-bond donors (Lipinski definition) is 0. The Hall–Kier alpha value is -2.75. The van der Waals surface area contributed by atoms with Gasteiger partial charge in [0, 0.05) is 30.9 Å². The predicted molar refractivity (Wildman–Crippen MR) is 118 cm³/mol. The molecule has 0 aromatic heterocycles. The molecular weight excluding hydrogens is 410 g/mol. The van der Waals surface area contributed by atoms with Gasteiger partial charge in [-0.15, -0.1) is 0 Å².